The topological polar surface area (TPSA) is 30.0 Å². The first-order valence-electron chi connectivity index (χ1n) is 3.58. The summed E-state index contributed by atoms with van der Waals surface area (Å²) in [4.78, 5) is 13.9. The van der Waals surface area contributed by atoms with E-state index < -0.39 is 12.1 Å². The van der Waals surface area contributed by atoms with E-state index >= 15 is 0 Å². The molecule has 0 saturated carbocycles. The number of aldehydes is 1. The summed E-state index contributed by atoms with van der Waals surface area (Å²) in [6.07, 6.45) is -2.52. The molecule has 0 atom stereocenters. The molecule has 0 unspecified atom stereocenters. The summed E-state index contributed by atoms with van der Waals surface area (Å²) in [5.74, 6) is 0.0240. The summed E-state index contributed by atoms with van der Waals surface area (Å²) in [7, 11) is 0. The van der Waals surface area contributed by atoms with Gasteiger partial charge in [-0.1, -0.05) is 11.6 Å². The van der Waals surface area contributed by atoms with Crippen LogP contribution in [-0.2, 0) is 5.88 Å². The van der Waals surface area contributed by atoms with Crippen LogP contribution in [0.5, 0.6) is 0 Å². The van der Waals surface area contributed by atoms with Gasteiger partial charge in [-0.25, -0.2) is 13.8 Å². The number of hydrogen-bond donors (Lipinski definition) is 0. The fourth-order valence-electron chi connectivity index (χ4n) is 0.926. The van der Waals surface area contributed by atoms with Gasteiger partial charge in [0.2, 0.25) is 0 Å². The largest absolute Gasteiger partial charge is 0.298 e. The van der Waals surface area contributed by atoms with Gasteiger partial charge in [0.25, 0.3) is 6.43 Å². The molecule has 0 N–H and O–H groups in total. The van der Waals surface area contributed by atoms with Crippen LogP contribution < -0.4 is 0 Å². The van der Waals surface area contributed by atoms with Crippen molar-refractivity contribution in [3.63, 3.8) is 0 Å². The van der Waals surface area contributed by atoms with Crippen molar-refractivity contribution in [2.75, 3.05) is 0 Å². The molecule has 1 aromatic rings. The minimum atomic E-state index is -2.82. The Morgan fingerprint density at radius 1 is 1.57 bits per heavy atom. The summed E-state index contributed by atoms with van der Waals surface area (Å²) in [6, 6.07) is 1.22. The maximum atomic E-state index is 12.3. The van der Waals surface area contributed by atoms with Gasteiger partial charge in [-0.05, 0) is 6.07 Å². The molecule has 1 heterocycles. The zero-order valence-corrected chi connectivity index (χ0v) is 8.32. The maximum Gasteiger partial charge on any atom is 0.281 e. The van der Waals surface area contributed by atoms with Crippen molar-refractivity contribution < 1.29 is 13.6 Å². The Balaban J connectivity index is 3.31. The molecule has 76 valence electrons. The van der Waals surface area contributed by atoms with Crippen molar-refractivity contribution in [3.05, 3.63) is 28.0 Å². The molecule has 1 aromatic heterocycles. The second-order valence-corrected chi connectivity index (χ2v) is 3.09. The van der Waals surface area contributed by atoms with E-state index in [0.717, 1.165) is 0 Å². The molecule has 0 aliphatic carbocycles. The number of rotatable bonds is 3. The molecule has 0 aromatic carbocycles. The Bertz CT molecular complexity index is 357. The molecule has 0 radical (unpaired) electrons. The van der Waals surface area contributed by atoms with Gasteiger partial charge in [0.1, 0.15) is 10.8 Å². The van der Waals surface area contributed by atoms with Gasteiger partial charge in [-0.2, -0.15) is 0 Å². The fraction of sp³-hybridized carbons (Fsp3) is 0.250. The molecule has 6 heteroatoms. The molecular formula is C8H5Cl2F2NO. The van der Waals surface area contributed by atoms with Gasteiger partial charge in [-0.15, -0.1) is 11.6 Å². The molecule has 0 aliphatic rings. The quantitative estimate of drug-likeness (QED) is 0.461. The lowest BCUT2D eigenvalue weighted by Gasteiger charge is -2.06. The van der Waals surface area contributed by atoms with Crippen LogP contribution in [0.4, 0.5) is 8.78 Å². The van der Waals surface area contributed by atoms with Crippen molar-refractivity contribution >= 4 is 29.5 Å². The highest BCUT2D eigenvalue weighted by Crippen LogP contribution is 2.25. The monoisotopic (exact) mass is 239 g/mol. The Hall–Kier alpha value is -0.740. The van der Waals surface area contributed by atoms with Crippen LogP contribution in [0.2, 0.25) is 5.15 Å². The van der Waals surface area contributed by atoms with Crippen LogP contribution in [0.25, 0.3) is 0 Å². The van der Waals surface area contributed by atoms with Crippen molar-refractivity contribution in [2.24, 2.45) is 0 Å². The zero-order chi connectivity index (χ0) is 10.7. The van der Waals surface area contributed by atoms with Crippen LogP contribution in [-0.4, -0.2) is 11.3 Å². The van der Waals surface area contributed by atoms with Gasteiger partial charge < -0.3 is 0 Å². The van der Waals surface area contributed by atoms with E-state index in [-0.39, 0.29) is 16.6 Å². The lowest BCUT2D eigenvalue weighted by Crippen LogP contribution is -2.00. The predicted octanol–water partition coefficient (Wildman–Crippen LogP) is 3.22. The van der Waals surface area contributed by atoms with E-state index in [1.807, 2.05) is 0 Å². The van der Waals surface area contributed by atoms with Crippen LogP contribution >= 0.6 is 23.2 Å². The Labute approximate surface area is 88.8 Å². The summed E-state index contributed by atoms with van der Waals surface area (Å²) in [6.45, 7) is 0. The lowest BCUT2D eigenvalue weighted by molar-refractivity contribution is 0.110. The minimum Gasteiger partial charge on any atom is -0.298 e. The molecule has 0 aliphatic heterocycles. The Morgan fingerprint density at radius 2 is 2.21 bits per heavy atom. The van der Waals surface area contributed by atoms with Crippen molar-refractivity contribution in [2.45, 2.75) is 12.3 Å². The van der Waals surface area contributed by atoms with Crippen molar-refractivity contribution in [1.29, 1.82) is 0 Å². The van der Waals surface area contributed by atoms with Gasteiger partial charge in [0.05, 0.1) is 5.88 Å². The molecule has 0 spiro atoms. The number of alkyl halides is 3. The SMILES string of the molecule is O=Cc1cc(CCl)c(Cl)nc1C(F)F. The summed E-state index contributed by atoms with van der Waals surface area (Å²) in [5, 5.41) is -0.0964. The molecule has 0 amide bonds. The van der Waals surface area contributed by atoms with Crippen LogP contribution in [0.3, 0.4) is 0 Å². The highest BCUT2D eigenvalue weighted by molar-refractivity contribution is 6.31. The van der Waals surface area contributed by atoms with Crippen LogP contribution in [0.15, 0.2) is 6.07 Å². The van der Waals surface area contributed by atoms with Crippen molar-refractivity contribution in [3.8, 4) is 0 Å². The normalized spacial score (nSPS) is 10.6. The van der Waals surface area contributed by atoms with E-state index in [9.17, 15) is 13.6 Å². The minimum absolute atomic E-state index is 0.0240. The van der Waals surface area contributed by atoms with Crippen molar-refractivity contribution in [1.82, 2.24) is 4.98 Å². The number of carbonyl (C=O) groups is 1. The van der Waals surface area contributed by atoms with Crippen LogP contribution in [0, 0.1) is 0 Å². The number of halogens is 4. The third-order valence-electron chi connectivity index (χ3n) is 1.59. The number of hydrogen-bond acceptors (Lipinski definition) is 2. The third kappa shape index (κ3) is 2.19. The standard InChI is InChI=1S/C8H5Cl2F2NO/c9-2-4-1-5(3-14)6(8(11)12)13-7(4)10/h1,3,8H,2H2. The van der Waals surface area contributed by atoms with E-state index in [1.54, 1.807) is 0 Å². The zero-order valence-electron chi connectivity index (χ0n) is 6.81. The van der Waals surface area contributed by atoms with E-state index in [2.05, 4.69) is 4.98 Å². The summed E-state index contributed by atoms with van der Waals surface area (Å²) in [5.41, 5.74) is -0.432. The maximum absolute atomic E-state index is 12.3. The summed E-state index contributed by atoms with van der Waals surface area (Å²) >= 11 is 11.0. The average molecular weight is 240 g/mol. The Morgan fingerprint density at radius 3 is 2.64 bits per heavy atom. The second kappa shape index (κ2) is 4.66. The lowest BCUT2D eigenvalue weighted by atomic mass is 10.1. The first-order valence-corrected chi connectivity index (χ1v) is 4.50. The second-order valence-electron chi connectivity index (χ2n) is 2.46. The number of aromatic nitrogens is 1. The number of pyridine rings is 1. The van der Waals surface area contributed by atoms with Gasteiger partial charge in [0.15, 0.2) is 6.29 Å². The van der Waals surface area contributed by atoms with E-state index in [1.165, 1.54) is 6.07 Å². The first kappa shape index (κ1) is 11.3. The predicted molar refractivity (Wildman–Crippen MR) is 49.1 cm³/mol. The molecule has 0 fully saturated rings. The molecule has 14 heavy (non-hydrogen) atoms. The molecule has 2 nitrogen and oxygen atoms in total. The van der Waals surface area contributed by atoms with E-state index in [0.29, 0.717) is 11.8 Å². The Kier molecular flexibility index (Phi) is 3.77. The highest BCUT2D eigenvalue weighted by Gasteiger charge is 2.17. The highest BCUT2D eigenvalue weighted by atomic mass is 35.5. The molecule has 0 saturated heterocycles. The third-order valence-corrected chi connectivity index (χ3v) is 2.20. The molecular weight excluding hydrogens is 235 g/mol. The van der Waals surface area contributed by atoms with Crippen LogP contribution in [0.1, 0.15) is 28.0 Å². The summed E-state index contributed by atoms with van der Waals surface area (Å²) < 4.78 is 24.6. The van der Waals surface area contributed by atoms with Gasteiger partial charge in [0, 0.05) is 11.1 Å². The molecule has 0 bridgehead atoms. The smallest absolute Gasteiger partial charge is 0.281 e. The van der Waals surface area contributed by atoms with Gasteiger partial charge >= 0.3 is 0 Å². The number of carbonyl (C=O) groups excluding carboxylic acids is 1. The fourth-order valence-corrected chi connectivity index (χ4v) is 1.41. The number of nitrogens with zero attached hydrogens (tertiary/aromatic N) is 1. The first-order chi connectivity index (χ1) is 6.60. The van der Waals surface area contributed by atoms with Gasteiger partial charge in [-0.3, -0.25) is 4.79 Å². The average Bonchev–Trinajstić information content (AvgIpc) is 2.17. The van der Waals surface area contributed by atoms with E-state index in [4.69, 9.17) is 23.2 Å². The molecule has 1 rings (SSSR count).